The Morgan fingerprint density at radius 3 is 2.81 bits per heavy atom. The Morgan fingerprint density at radius 2 is 2.00 bits per heavy atom. The second kappa shape index (κ2) is 8.55. The summed E-state index contributed by atoms with van der Waals surface area (Å²) in [5, 5.41) is 14.3. The molecule has 0 atom stereocenters. The third kappa shape index (κ3) is 3.89. The lowest BCUT2D eigenvalue weighted by Crippen LogP contribution is -3.00. The van der Waals surface area contributed by atoms with Gasteiger partial charge in [0.2, 0.25) is 5.82 Å². The van der Waals surface area contributed by atoms with Gasteiger partial charge in [-0.1, -0.05) is 23.2 Å². The van der Waals surface area contributed by atoms with Gasteiger partial charge in [-0.15, -0.1) is 0 Å². The van der Waals surface area contributed by atoms with Crippen molar-refractivity contribution in [2.45, 2.75) is 6.54 Å². The van der Waals surface area contributed by atoms with Crippen LogP contribution in [0.2, 0.25) is 10.0 Å². The lowest BCUT2D eigenvalue weighted by Gasteiger charge is -2.10. The Kier molecular flexibility index (Phi) is 5.80. The van der Waals surface area contributed by atoms with Gasteiger partial charge in [0.15, 0.2) is 11.4 Å². The molecule has 0 fully saturated rings. The molecule has 0 bridgehead atoms. The molecule has 0 aliphatic rings. The highest BCUT2D eigenvalue weighted by molar-refractivity contribution is 6.33. The van der Waals surface area contributed by atoms with E-state index in [0.717, 1.165) is 22.0 Å². The van der Waals surface area contributed by atoms with Crippen LogP contribution in [0.25, 0.3) is 26.8 Å². The molecular weight excluding hydrogens is 473 g/mol. The first kappa shape index (κ1) is 21.7. The second-order valence-corrected chi connectivity index (χ2v) is 7.69. The predicted octanol–water partition coefficient (Wildman–Crippen LogP) is 2.01. The first-order valence-corrected chi connectivity index (χ1v) is 9.92. The highest BCUT2D eigenvalue weighted by Gasteiger charge is 2.17. The maximum atomic E-state index is 7.21. The molecule has 4 N–H and O–H groups in total. The van der Waals surface area contributed by atoms with Crippen LogP contribution < -0.4 is 27.9 Å². The van der Waals surface area contributed by atoms with Gasteiger partial charge in [-0.25, -0.2) is 14.9 Å². The molecule has 32 heavy (non-hydrogen) atoms. The molecule has 3 heterocycles. The largest absolute Gasteiger partial charge is 1.00 e. The average Bonchev–Trinajstić information content (AvgIpc) is 3.34. The van der Waals surface area contributed by atoms with E-state index in [9.17, 15) is 0 Å². The van der Waals surface area contributed by atoms with Crippen LogP contribution in [0.15, 0.2) is 48.7 Å². The Labute approximate surface area is 198 Å². The summed E-state index contributed by atoms with van der Waals surface area (Å²) in [7, 11) is 0. The minimum atomic E-state index is 0. The monoisotopic (exact) mass is 485 g/mol. The molecule has 8 nitrogen and oxygen atoms in total. The number of pyridine rings is 1. The summed E-state index contributed by atoms with van der Waals surface area (Å²) in [6.45, 7) is 7.67. The van der Waals surface area contributed by atoms with Gasteiger partial charge >= 0.3 is 0 Å². The van der Waals surface area contributed by atoms with Crippen LogP contribution >= 0.6 is 23.2 Å². The van der Waals surface area contributed by atoms with Crippen LogP contribution in [-0.4, -0.2) is 20.0 Å². The molecule has 2 aromatic carbocycles. The van der Waals surface area contributed by atoms with E-state index in [2.05, 4.69) is 25.1 Å². The van der Waals surface area contributed by atoms with Crippen molar-refractivity contribution in [3.8, 4) is 11.5 Å². The summed E-state index contributed by atoms with van der Waals surface area (Å²) in [5.41, 5.74) is 8.55. The van der Waals surface area contributed by atoms with Crippen molar-refractivity contribution in [3.05, 3.63) is 75.8 Å². The number of aromatic nitrogens is 5. The van der Waals surface area contributed by atoms with Gasteiger partial charge in [0.25, 0.3) is 5.65 Å². The van der Waals surface area contributed by atoms with Crippen molar-refractivity contribution in [2.24, 2.45) is 0 Å². The molecule has 3 aromatic heterocycles. The van der Waals surface area contributed by atoms with Gasteiger partial charge < -0.3 is 22.9 Å². The summed E-state index contributed by atoms with van der Waals surface area (Å²) in [4.78, 5) is 6.43. The number of ether oxygens (including phenoxy) is 1. The van der Waals surface area contributed by atoms with E-state index in [4.69, 9.17) is 40.2 Å². The fraction of sp³-hybridized carbons (Fsp3) is 0.0476. The number of halogens is 3. The minimum Gasteiger partial charge on any atom is -1.00 e. The zero-order chi connectivity index (χ0) is 21.5. The van der Waals surface area contributed by atoms with Crippen molar-refractivity contribution >= 4 is 56.6 Å². The van der Waals surface area contributed by atoms with Crippen LogP contribution in [0, 0.1) is 6.57 Å². The molecule has 5 aromatic rings. The summed E-state index contributed by atoms with van der Waals surface area (Å²) in [5.74, 6) is 1.40. The number of hydrogen-bond acceptors (Lipinski definition) is 4. The average molecular weight is 487 g/mol. The molecule has 0 aliphatic carbocycles. The Bertz CT molecular complexity index is 1500. The molecule has 0 amide bonds. The number of H-pyrrole nitrogens is 2. The molecule has 5 rings (SSSR count). The number of rotatable bonds is 4. The van der Waals surface area contributed by atoms with Gasteiger partial charge in [-0.2, -0.15) is 5.10 Å². The van der Waals surface area contributed by atoms with Gasteiger partial charge in [0.05, 0.1) is 46.3 Å². The molecule has 0 saturated carbocycles. The first-order valence-electron chi connectivity index (χ1n) is 9.16. The number of benzene rings is 2. The first-order chi connectivity index (χ1) is 15.0. The van der Waals surface area contributed by atoms with Gasteiger partial charge in [-0.05, 0) is 41.5 Å². The van der Waals surface area contributed by atoms with E-state index < -0.39 is 0 Å². The molecule has 160 valence electrons. The Hall–Kier alpha value is -3.51. The van der Waals surface area contributed by atoms with Crippen LogP contribution in [-0.2, 0) is 6.54 Å². The summed E-state index contributed by atoms with van der Waals surface area (Å²) < 4.78 is 7.85. The summed E-state index contributed by atoms with van der Waals surface area (Å²) >= 11 is 12.5. The number of nitrogens with two attached hydrogens (primary N) is 1. The van der Waals surface area contributed by atoms with Crippen molar-refractivity contribution in [2.75, 3.05) is 5.73 Å². The molecule has 0 aliphatic heterocycles. The van der Waals surface area contributed by atoms with E-state index >= 15 is 0 Å². The van der Waals surface area contributed by atoms with Crippen molar-refractivity contribution < 1.29 is 22.1 Å². The van der Waals surface area contributed by atoms with Gasteiger partial charge in [-0.3, -0.25) is 4.68 Å². The lowest BCUT2D eigenvalue weighted by molar-refractivity contribution is -0.329. The predicted molar refractivity (Wildman–Crippen MR) is 119 cm³/mol. The zero-order valence-electron chi connectivity index (χ0n) is 16.2. The van der Waals surface area contributed by atoms with E-state index in [1.165, 1.54) is 0 Å². The number of hydrogen-bond donors (Lipinski definition) is 2. The fourth-order valence-electron chi connectivity index (χ4n) is 3.40. The van der Waals surface area contributed by atoms with E-state index in [-0.39, 0.29) is 12.4 Å². The second-order valence-electron chi connectivity index (χ2n) is 6.85. The number of nitrogens with one attached hydrogen (secondary N) is 2. The SMILES string of the molecule is [C-]#[N+]c1cc(Cl)cc(Oc2c(Cl)ccc3c2cnn3Cc2[nH]nc3[nH+]c(N)ccc23)c1.[Cl-]. The fourth-order valence-corrected chi connectivity index (χ4v) is 3.83. The zero-order valence-corrected chi connectivity index (χ0v) is 18.5. The minimum absolute atomic E-state index is 0. The number of fused-ring (bicyclic) bond motifs is 2. The smallest absolute Gasteiger partial charge is 0.293 e. The van der Waals surface area contributed by atoms with Gasteiger partial charge in [0.1, 0.15) is 5.75 Å². The van der Waals surface area contributed by atoms with Crippen molar-refractivity contribution in [1.82, 2.24) is 20.0 Å². The molecular formula is C21H14Cl3N7O. The summed E-state index contributed by atoms with van der Waals surface area (Å²) in [6.07, 6.45) is 1.69. The Morgan fingerprint density at radius 1 is 1.16 bits per heavy atom. The third-order valence-corrected chi connectivity index (χ3v) is 5.33. The maximum Gasteiger partial charge on any atom is 0.293 e. The lowest BCUT2D eigenvalue weighted by atomic mass is 10.2. The number of nitrogen functional groups attached to an aromatic ring is 1. The van der Waals surface area contributed by atoms with E-state index in [1.54, 1.807) is 36.5 Å². The topological polar surface area (TPSA) is 100 Å². The standard InChI is InChI=1S/C21H13Cl2N7O.ClH/c1-25-12-6-11(22)7-13(8-12)31-20-15-9-26-30(18(15)4-3-16(20)23)10-17-14-2-5-19(24)27-21(14)29-28-17;/h2-9H,10H2,(H3,24,27,28,29);1H. The third-order valence-electron chi connectivity index (χ3n) is 4.82. The highest BCUT2D eigenvalue weighted by Crippen LogP contribution is 2.38. The molecule has 11 heteroatoms. The summed E-state index contributed by atoms with van der Waals surface area (Å²) in [6, 6.07) is 12.1. The maximum absolute atomic E-state index is 7.21. The van der Waals surface area contributed by atoms with Crippen LogP contribution in [0.1, 0.15) is 5.69 Å². The molecule has 0 unspecified atom stereocenters. The van der Waals surface area contributed by atoms with Gasteiger partial charge in [0, 0.05) is 11.1 Å². The van der Waals surface area contributed by atoms with Crippen LogP contribution in [0.4, 0.5) is 11.5 Å². The number of nitrogens with zero attached hydrogens (tertiary/aromatic N) is 4. The molecule has 0 spiro atoms. The number of anilines is 1. The van der Waals surface area contributed by atoms with E-state index in [1.807, 2.05) is 16.8 Å². The van der Waals surface area contributed by atoms with Crippen molar-refractivity contribution in [1.29, 1.82) is 0 Å². The highest BCUT2D eigenvalue weighted by atomic mass is 35.5. The van der Waals surface area contributed by atoms with Crippen molar-refractivity contribution in [3.63, 3.8) is 0 Å². The van der Waals surface area contributed by atoms with E-state index in [0.29, 0.717) is 45.2 Å². The van der Waals surface area contributed by atoms with Crippen LogP contribution in [0.5, 0.6) is 11.5 Å². The quantitative estimate of drug-likeness (QED) is 0.380. The Balaban J connectivity index is 0.00000245. The normalized spacial score (nSPS) is 10.8. The molecule has 0 saturated heterocycles. The molecule has 0 radical (unpaired) electrons. The number of aromatic amines is 2. The van der Waals surface area contributed by atoms with Crippen LogP contribution in [0.3, 0.4) is 0 Å².